The van der Waals surface area contributed by atoms with Crippen LogP contribution >= 0.6 is 15.9 Å². The highest BCUT2D eigenvalue weighted by molar-refractivity contribution is 9.10. The Bertz CT molecular complexity index is 469. The van der Waals surface area contributed by atoms with E-state index in [9.17, 15) is 0 Å². The van der Waals surface area contributed by atoms with E-state index < -0.39 is 0 Å². The summed E-state index contributed by atoms with van der Waals surface area (Å²) in [7, 11) is 2.14. The summed E-state index contributed by atoms with van der Waals surface area (Å²) in [6.45, 7) is 4.28. The summed E-state index contributed by atoms with van der Waals surface area (Å²) in [6, 6.07) is 11.3. The molecule has 2 unspecified atom stereocenters. The lowest BCUT2D eigenvalue weighted by atomic mass is 10.1. The van der Waals surface area contributed by atoms with Crippen LogP contribution in [0.1, 0.15) is 19.8 Å². The molecule has 102 valence electrons. The van der Waals surface area contributed by atoms with Crippen molar-refractivity contribution in [1.29, 1.82) is 5.26 Å². The summed E-state index contributed by atoms with van der Waals surface area (Å²) in [4.78, 5) is 4.74. The van der Waals surface area contributed by atoms with Gasteiger partial charge in [-0.05, 0) is 55.0 Å². The van der Waals surface area contributed by atoms with E-state index in [4.69, 9.17) is 5.26 Å². The molecule has 1 fully saturated rings. The van der Waals surface area contributed by atoms with Gasteiger partial charge in [-0.25, -0.2) is 0 Å². The topological polar surface area (TPSA) is 30.3 Å². The van der Waals surface area contributed by atoms with Gasteiger partial charge in [0.15, 0.2) is 0 Å². The van der Waals surface area contributed by atoms with Gasteiger partial charge in [0.2, 0.25) is 0 Å². The molecule has 1 aromatic rings. The van der Waals surface area contributed by atoms with Crippen molar-refractivity contribution in [1.82, 2.24) is 4.90 Å². The zero-order chi connectivity index (χ0) is 13.8. The highest BCUT2D eigenvalue weighted by atomic mass is 79.9. The minimum atomic E-state index is 0.256. The molecule has 0 saturated carbocycles. The minimum Gasteiger partial charge on any atom is -0.363 e. The second kappa shape index (κ2) is 6.40. The molecule has 2 atom stereocenters. The highest BCUT2D eigenvalue weighted by Gasteiger charge is 2.29. The van der Waals surface area contributed by atoms with Gasteiger partial charge in [-0.1, -0.05) is 12.1 Å². The van der Waals surface area contributed by atoms with Gasteiger partial charge in [0.1, 0.15) is 0 Å². The van der Waals surface area contributed by atoms with E-state index in [2.05, 4.69) is 64.0 Å². The molecule has 1 aromatic carbocycles. The Hall–Kier alpha value is -1.05. The smallest absolute Gasteiger partial charge is 0.0643 e. The van der Waals surface area contributed by atoms with Gasteiger partial charge >= 0.3 is 0 Å². The number of hydrogen-bond acceptors (Lipinski definition) is 3. The zero-order valence-corrected chi connectivity index (χ0v) is 13.1. The van der Waals surface area contributed by atoms with Crippen molar-refractivity contribution in [2.24, 2.45) is 0 Å². The predicted molar refractivity (Wildman–Crippen MR) is 82.2 cm³/mol. The molecule has 0 bridgehead atoms. The molecule has 4 heteroatoms. The van der Waals surface area contributed by atoms with E-state index in [0.717, 1.165) is 24.0 Å². The van der Waals surface area contributed by atoms with Crippen molar-refractivity contribution in [2.75, 3.05) is 25.0 Å². The summed E-state index contributed by atoms with van der Waals surface area (Å²) in [6.07, 6.45) is 1.69. The molecule has 0 N–H and O–H groups in total. The Labute approximate surface area is 123 Å². The molecular weight excluding hydrogens is 302 g/mol. The maximum Gasteiger partial charge on any atom is 0.0643 e. The molecule has 3 nitrogen and oxygen atoms in total. The van der Waals surface area contributed by atoms with Crippen molar-refractivity contribution in [2.45, 2.75) is 31.8 Å². The van der Waals surface area contributed by atoms with Gasteiger partial charge in [0, 0.05) is 17.1 Å². The summed E-state index contributed by atoms with van der Waals surface area (Å²) in [5, 5.41) is 9.11. The third-order valence-corrected chi connectivity index (χ3v) is 4.45. The number of benzene rings is 1. The Morgan fingerprint density at radius 1 is 1.42 bits per heavy atom. The Kier molecular flexibility index (Phi) is 4.84. The molecule has 1 heterocycles. The number of nitrogens with zero attached hydrogens (tertiary/aromatic N) is 3. The van der Waals surface area contributed by atoms with E-state index in [1.165, 1.54) is 5.69 Å². The van der Waals surface area contributed by atoms with Crippen LogP contribution in [0, 0.1) is 11.3 Å². The molecule has 1 saturated heterocycles. The van der Waals surface area contributed by atoms with E-state index in [0.29, 0.717) is 12.5 Å². The van der Waals surface area contributed by atoms with Crippen LogP contribution in [0.5, 0.6) is 0 Å². The number of rotatable bonds is 2. The monoisotopic (exact) mass is 321 g/mol. The average Bonchev–Trinajstić information content (AvgIpc) is 2.51. The number of halogens is 1. The third-order valence-electron chi connectivity index (χ3n) is 3.78. The molecule has 19 heavy (non-hydrogen) atoms. The van der Waals surface area contributed by atoms with Crippen LogP contribution in [0.4, 0.5) is 5.69 Å². The van der Waals surface area contributed by atoms with Gasteiger partial charge in [0.05, 0.1) is 24.2 Å². The largest absolute Gasteiger partial charge is 0.363 e. The van der Waals surface area contributed by atoms with Crippen LogP contribution in [-0.4, -0.2) is 37.1 Å². The minimum absolute atomic E-state index is 0.256. The van der Waals surface area contributed by atoms with E-state index >= 15 is 0 Å². The van der Waals surface area contributed by atoms with Crippen LogP contribution < -0.4 is 4.90 Å². The first-order valence-electron chi connectivity index (χ1n) is 6.72. The number of anilines is 1. The van der Waals surface area contributed by atoms with Crippen LogP contribution in [0.15, 0.2) is 28.7 Å². The van der Waals surface area contributed by atoms with Gasteiger partial charge in [-0.2, -0.15) is 5.26 Å². The van der Waals surface area contributed by atoms with Gasteiger partial charge in [0.25, 0.3) is 0 Å². The van der Waals surface area contributed by atoms with Crippen LogP contribution in [-0.2, 0) is 0 Å². The van der Waals surface area contributed by atoms with Gasteiger partial charge in [-0.15, -0.1) is 0 Å². The summed E-state index contributed by atoms with van der Waals surface area (Å²) < 4.78 is 1.11. The summed E-state index contributed by atoms with van der Waals surface area (Å²) in [5.41, 5.74) is 1.20. The molecule has 0 aromatic heterocycles. The number of nitriles is 1. The van der Waals surface area contributed by atoms with E-state index in [-0.39, 0.29) is 6.04 Å². The molecule has 2 rings (SSSR count). The first-order valence-corrected chi connectivity index (χ1v) is 7.51. The quantitative estimate of drug-likeness (QED) is 0.837. The van der Waals surface area contributed by atoms with Gasteiger partial charge in [-0.3, -0.25) is 0 Å². The normalized spacial score (nSPS) is 24.8. The number of para-hydroxylation sites is 1. The van der Waals surface area contributed by atoms with Crippen molar-refractivity contribution in [3.63, 3.8) is 0 Å². The second-order valence-electron chi connectivity index (χ2n) is 5.27. The van der Waals surface area contributed by atoms with Crippen molar-refractivity contribution in [3.8, 4) is 6.07 Å². The van der Waals surface area contributed by atoms with Crippen LogP contribution in [0.2, 0.25) is 0 Å². The third kappa shape index (κ3) is 3.29. The fourth-order valence-corrected chi connectivity index (χ4v) is 3.30. The first kappa shape index (κ1) is 14.4. The lowest BCUT2D eigenvalue weighted by Gasteiger charge is -2.36. The molecular formula is C15H20BrN3. The predicted octanol–water partition coefficient (Wildman–Crippen LogP) is 3.26. The maximum atomic E-state index is 9.11. The van der Waals surface area contributed by atoms with Crippen LogP contribution in [0.3, 0.4) is 0 Å². The molecule has 0 radical (unpaired) electrons. The van der Waals surface area contributed by atoms with Crippen LogP contribution in [0.25, 0.3) is 0 Å². The average molecular weight is 322 g/mol. The maximum absolute atomic E-state index is 9.11. The highest BCUT2D eigenvalue weighted by Crippen LogP contribution is 2.32. The Morgan fingerprint density at radius 2 is 2.16 bits per heavy atom. The molecule has 1 aliphatic heterocycles. The second-order valence-corrected chi connectivity index (χ2v) is 6.13. The van der Waals surface area contributed by atoms with E-state index in [1.807, 2.05) is 6.07 Å². The number of hydrogen-bond donors (Lipinski definition) is 0. The van der Waals surface area contributed by atoms with Crippen molar-refractivity contribution in [3.05, 3.63) is 28.7 Å². The van der Waals surface area contributed by atoms with Crippen molar-refractivity contribution < 1.29 is 0 Å². The SMILES string of the molecule is CC1CCN(C)CC(CC#N)N1c1ccccc1Br. The lowest BCUT2D eigenvalue weighted by Crippen LogP contribution is -2.44. The number of likely N-dealkylation sites (N-methyl/N-ethyl adjacent to an activating group) is 1. The Balaban J connectivity index is 2.37. The fraction of sp³-hybridized carbons (Fsp3) is 0.533. The lowest BCUT2D eigenvalue weighted by molar-refractivity contribution is 0.331. The molecule has 0 spiro atoms. The van der Waals surface area contributed by atoms with Crippen molar-refractivity contribution >= 4 is 21.6 Å². The summed E-state index contributed by atoms with van der Waals surface area (Å²) in [5.74, 6) is 0. The molecule has 0 amide bonds. The summed E-state index contributed by atoms with van der Waals surface area (Å²) >= 11 is 3.64. The molecule has 0 aliphatic carbocycles. The zero-order valence-electron chi connectivity index (χ0n) is 11.5. The van der Waals surface area contributed by atoms with E-state index in [1.54, 1.807) is 0 Å². The molecule has 1 aliphatic rings. The van der Waals surface area contributed by atoms with Gasteiger partial charge < -0.3 is 9.80 Å². The standard InChI is InChI=1S/C15H20BrN3/c1-12-8-10-18(2)11-13(7-9-17)19(12)15-6-4-3-5-14(15)16/h3-6,12-13H,7-8,10-11H2,1-2H3. The fourth-order valence-electron chi connectivity index (χ4n) is 2.81. The Morgan fingerprint density at radius 3 is 2.84 bits per heavy atom. The first-order chi connectivity index (χ1) is 9.13.